The van der Waals surface area contributed by atoms with Crippen LogP contribution >= 0.6 is 45.2 Å². The number of carbonyl (C=O) groups excluding carboxylic acids is 4. The average molecular weight is 1170 g/mol. The van der Waals surface area contributed by atoms with E-state index in [1.807, 2.05) is 21.9 Å². The number of piperazine rings is 2. The fraction of sp³-hybridized carbons (Fsp3) is 0.400. The number of pyridine rings is 2. The standard InChI is InChI=1S/2C25H26IN5O4/c26-20-14-27-17(15-31-21-8-4-3-7-18(21)22(32)28-25(31)35)13-19(20)24(34)30-11-9-29(10-12-30)23(33)16-5-1-2-6-16;26-20-8-7-16(15-31-21-18(6-3-9-27-21)22(32)28-25(31)35)14-19(20)24(34)30-12-10-29(11-13-30)23(33)17-4-1-2-5-17/h3-4,7-8,13-14,16H,1-2,5-6,9-12,15H2,(H,28,32,35);3,6-9,14,17H,1-2,4-5,10-13,15H2,(H,28,32,35). The lowest BCUT2D eigenvalue weighted by Crippen LogP contribution is -2.51. The van der Waals surface area contributed by atoms with E-state index in [0.717, 1.165) is 64.1 Å². The number of nitrogens with zero attached hydrogens (tertiary/aromatic N) is 8. The summed E-state index contributed by atoms with van der Waals surface area (Å²) in [6.07, 6.45) is 11.6. The largest absolute Gasteiger partial charge is 0.339 e. The molecule has 0 radical (unpaired) electrons. The lowest BCUT2D eigenvalue weighted by atomic mass is 10.1. The molecule has 364 valence electrons. The number of carbonyl (C=O) groups is 4. The molecule has 6 aromatic rings. The fourth-order valence-electron chi connectivity index (χ4n) is 10.0. The molecule has 20 heteroatoms. The molecule has 0 unspecified atom stereocenters. The molecule has 4 aromatic heterocycles. The van der Waals surface area contributed by atoms with Crippen molar-refractivity contribution < 1.29 is 19.2 Å². The summed E-state index contributed by atoms with van der Waals surface area (Å²) in [5.41, 5.74) is 1.22. The molecule has 4 fully saturated rings. The van der Waals surface area contributed by atoms with Crippen LogP contribution in [0.2, 0.25) is 0 Å². The lowest BCUT2D eigenvalue weighted by Gasteiger charge is -2.36. The maximum atomic E-state index is 13.4. The zero-order valence-electron chi connectivity index (χ0n) is 38.4. The number of nitrogens with one attached hydrogen (secondary N) is 2. The zero-order valence-corrected chi connectivity index (χ0v) is 42.7. The van der Waals surface area contributed by atoms with Gasteiger partial charge in [0.15, 0.2) is 0 Å². The van der Waals surface area contributed by atoms with Crippen LogP contribution in [0.1, 0.15) is 83.3 Å². The number of benzene rings is 2. The first-order chi connectivity index (χ1) is 33.8. The molecule has 10 rings (SSSR count). The Morgan fingerprint density at radius 1 is 0.557 bits per heavy atom. The number of aromatic nitrogens is 6. The van der Waals surface area contributed by atoms with Gasteiger partial charge in [-0.25, -0.2) is 14.6 Å². The zero-order chi connectivity index (χ0) is 49.1. The van der Waals surface area contributed by atoms with Crippen LogP contribution in [0.5, 0.6) is 0 Å². The van der Waals surface area contributed by atoms with Gasteiger partial charge in [-0.1, -0.05) is 43.9 Å². The van der Waals surface area contributed by atoms with Crippen molar-refractivity contribution in [1.82, 2.24) is 48.7 Å². The molecule has 2 aromatic carbocycles. The Bertz CT molecular complexity index is 3020. The third-order valence-electron chi connectivity index (χ3n) is 13.9. The Labute approximate surface area is 428 Å². The molecule has 2 N–H and O–H groups in total. The second-order valence-electron chi connectivity index (χ2n) is 18.2. The summed E-state index contributed by atoms with van der Waals surface area (Å²) < 4.78 is 4.39. The smallest absolute Gasteiger partial charge is 0.330 e. The van der Waals surface area contributed by atoms with Gasteiger partial charge in [-0.15, -0.1) is 0 Å². The normalized spacial score (nSPS) is 16.7. The molecule has 18 nitrogen and oxygen atoms in total. The topological polar surface area (TPSA) is 217 Å². The van der Waals surface area contributed by atoms with Gasteiger partial charge < -0.3 is 19.6 Å². The fourth-order valence-corrected chi connectivity index (χ4v) is 11.1. The second-order valence-corrected chi connectivity index (χ2v) is 20.6. The van der Waals surface area contributed by atoms with Crippen molar-refractivity contribution in [2.75, 3.05) is 52.4 Å². The van der Waals surface area contributed by atoms with Crippen LogP contribution < -0.4 is 22.5 Å². The van der Waals surface area contributed by atoms with Gasteiger partial charge in [0.05, 0.1) is 46.2 Å². The van der Waals surface area contributed by atoms with E-state index in [0.29, 0.717) is 91.1 Å². The number of aromatic amines is 2. The summed E-state index contributed by atoms with van der Waals surface area (Å²) in [6, 6.07) is 17.4. The third kappa shape index (κ3) is 10.5. The maximum absolute atomic E-state index is 13.4. The van der Waals surface area contributed by atoms with E-state index in [9.17, 15) is 38.4 Å². The summed E-state index contributed by atoms with van der Waals surface area (Å²) in [6.45, 7) is 4.51. The Kier molecular flexibility index (Phi) is 15.1. The third-order valence-corrected chi connectivity index (χ3v) is 15.7. The Morgan fingerprint density at radius 3 is 1.67 bits per heavy atom. The van der Waals surface area contributed by atoms with Crippen molar-refractivity contribution in [2.45, 2.75) is 64.5 Å². The molecule has 4 aliphatic rings. The molecule has 0 atom stereocenters. The highest BCUT2D eigenvalue weighted by Crippen LogP contribution is 2.29. The molecular formula is C50H52I2N10O8. The Hall–Kier alpha value is -6.04. The van der Waals surface area contributed by atoms with E-state index in [1.54, 1.807) is 64.5 Å². The highest BCUT2D eigenvalue weighted by Gasteiger charge is 2.33. The van der Waals surface area contributed by atoms with Crippen molar-refractivity contribution in [1.29, 1.82) is 0 Å². The van der Waals surface area contributed by atoms with Crippen molar-refractivity contribution >= 4 is 90.7 Å². The SMILES string of the molecule is O=C(c1cc(Cn2c(=O)[nH]c(=O)c3ccccc32)ncc1I)N1CCN(C(=O)C2CCCC2)CC1.O=C(c1cc(Cn2c(=O)[nH]c(=O)c3cccnc32)ccc1I)N1CCN(C(=O)C2CCCC2)CC1. The molecule has 2 saturated carbocycles. The number of hydrogen-bond donors (Lipinski definition) is 2. The number of hydrogen-bond acceptors (Lipinski definition) is 10. The first-order valence-electron chi connectivity index (χ1n) is 23.7. The number of H-pyrrole nitrogens is 2. The first kappa shape index (κ1) is 49.0. The lowest BCUT2D eigenvalue weighted by molar-refractivity contribution is -0.137. The summed E-state index contributed by atoms with van der Waals surface area (Å²) in [5.74, 6) is 0.572. The highest BCUT2D eigenvalue weighted by atomic mass is 127. The minimum Gasteiger partial charge on any atom is -0.339 e. The first-order valence-corrected chi connectivity index (χ1v) is 25.9. The van der Waals surface area contributed by atoms with E-state index in [4.69, 9.17) is 0 Å². The minimum absolute atomic E-state index is 0.0824. The van der Waals surface area contributed by atoms with Gasteiger partial charge in [0, 0.05) is 83.7 Å². The predicted molar refractivity (Wildman–Crippen MR) is 279 cm³/mol. The van der Waals surface area contributed by atoms with Crippen LogP contribution in [0, 0.1) is 19.0 Å². The molecule has 2 saturated heterocycles. The van der Waals surface area contributed by atoms with E-state index < -0.39 is 22.5 Å². The monoisotopic (exact) mass is 1170 g/mol. The van der Waals surface area contributed by atoms with Crippen LogP contribution in [0.4, 0.5) is 0 Å². The van der Waals surface area contributed by atoms with Crippen LogP contribution in [-0.2, 0) is 22.7 Å². The van der Waals surface area contributed by atoms with Crippen LogP contribution in [0.15, 0.2) is 92.2 Å². The van der Waals surface area contributed by atoms with E-state index in [-0.39, 0.29) is 48.6 Å². The predicted octanol–water partition coefficient (Wildman–Crippen LogP) is 4.42. The van der Waals surface area contributed by atoms with Gasteiger partial charge in [-0.2, -0.15) is 0 Å². The second kappa shape index (κ2) is 21.5. The summed E-state index contributed by atoms with van der Waals surface area (Å²) in [5, 5.41) is 0.748. The highest BCUT2D eigenvalue weighted by molar-refractivity contribution is 14.1. The quantitative estimate of drug-likeness (QED) is 0.205. The number of halogens is 2. The van der Waals surface area contributed by atoms with Crippen LogP contribution in [-0.4, -0.2) is 125 Å². The van der Waals surface area contributed by atoms with Gasteiger partial charge in [-0.3, -0.25) is 52.9 Å². The maximum Gasteiger partial charge on any atom is 0.330 e. The number of fused-ring (bicyclic) bond motifs is 2. The molecule has 6 heterocycles. The van der Waals surface area contributed by atoms with Gasteiger partial charge >= 0.3 is 11.4 Å². The van der Waals surface area contributed by atoms with Gasteiger partial charge in [0.2, 0.25) is 11.8 Å². The van der Waals surface area contributed by atoms with E-state index in [1.165, 1.54) is 15.3 Å². The van der Waals surface area contributed by atoms with Crippen molar-refractivity contribution in [2.24, 2.45) is 11.8 Å². The molecule has 2 aliphatic carbocycles. The summed E-state index contributed by atoms with van der Waals surface area (Å²) in [4.78, 5) is 122. The Balaban J connectivity index is 0.000000174. The van der Waals surface area contributed by atoms with Crippen LogP contribution in [0.3, 0.4) is 0 Å². The molecule has 0 bridgehead atoms. The van der Waals surface area contributed by atoms with Gasteiger partial charge in [0.1, 0.15) is 5.65 Å². The molecule has 70 heavy (non-hydrogen) atoms. The number of para-hydroxylation sites is 1. The number of amides is 4. The summed E-state index contributed by atoms with van der Waals surface area (Å²) in [7, 11) is 0. The van der Waals surface area contributed by atoms with Crippen molar-refractivity contribution in [3.05, 3.63) is 144 Å². The number of rotatable bonds is 8. The molecule has 4 amide bonds. The van der Waals surface area contributed by atoms with Crippen molar-refractivity contribution in [3.8, 4) is 0 Å². The molecule has 2 aliphatic heterocycles. The van der Waals surface area contributed by atoms with E-state index in [2.05, 4.69) is 65.1 Å². The van der Waals surface area contributed by atoms with Crippen molar-refractivity contribution in [3.63, 3.8) is 0 Å². The Morgan fingerprint density at radius 2 is 1.07 bits per heavy atom. The summed E-state index contributed by atoms with van der Waals surface area (Å²) >= 11 is 4.24. The average Bonchev–Trinajstić information content (AvgIpc) is 4.14. The molecular weight excluding hydrogens is 1120 g/mol. The van der Waals surface area contributed by atoms with E-state index >= 15 is 0 Å². The minimum atomic E-state index is -0.546. The molecule has 0 spiro atoms. The van der Waals surface area contributed by atoms with Gasteiger partial charge in [-0.05, 0) is 119 Å². The van der Waals surface area contributed by atoms with Crippen LogP contribution in [0.25, 0.3) is 21.9 Å². The van der Waals surface area contributed by atoms with Gasteiger partial charge in [0.25, 0.3) is 22.9 Å².